The molecule has 1 aromatic heterocycles. The van der Waals surface area contributed by atoms with Crippen LogP contribution in [0.2, 0.25) is 0 Å². The zero-order valence-corrected chi connectivity index (χ0v) is 13.8. The average Bonchev–Trinajstić information content (AvgIpc) is 2.37. The molecule has 1 aromatic carbocycles. The standard InChI is InChI=1S/C14H14Br2N2O/c1-8-3-4-12(9(2)14(8)19)18-7-13-11(16)5-10(15)6-17-13/h3-6,18-19H,7H2,1-2H3. The number of nitrogens with zero attached hydrogens (tertiary/aromatic N) is 1. The predicted octanol–water partition coefficient (Wildman–Crippen LogP) is 4.54. The van der Waals surface area contributed by atoms with Crippen LogP contribution in [0, 0.1) is 13.8 Å². The maximum absolute atomic E-state index is 9.90. The van der Waals surface area contributed by atoms with E-state index in [4.69, 9.17) is 0 Å². The molecule has 1 heterocycles. The maximum atomic E-state index is 9.90. The third-order valence-electron chi connectivity index (χ3n) is 2.96. The minimum absolute atomic E-state index is 0.341. The van der Waals surface area contributed by atoms with Gasteiger partial charge in [-0.15, -0.1) is 0 Å². The van der Waals surface area contributed by atoms with Crippen LogP contribution in [0.1, 0.15) is 16.8 Å². The maximum Gasteiger partial charge on any atom is 0.123 e. The Kier molecular flexibility index (Phi) is 4.47. The van der Waals surface area contributed by atoms with Gasteiger partial charge >= 0.3 is 0 Å². The first kappa shape index (κ1) is 14.3. The summed E-state index contributed by atoms with van der Waals surface area (Å²) < 4.78 is 1.88. The van der Waals surface area contributed by atoms with Crippen LogP contribution in [0.15, 0.2) is 33.3 Å². The number of pyridine rings is 1. The number of nitrogens with one attached hydrogen (secondary N) is 1. The smallest absolute Gasteiger partial charge is 0.123 e. The summed E-state index contributed by atoms with van der Waals surface area (Å²) in [5.74, 6) is 0.341. The number of phenols is 1. The van der Waals surface area contributed by atoms with E-state index in [-0.39, 0.29) is 0 Å². The van der Waals surface area contributed by atoms with Gasteiger partial charge in [0.2, 0.25) is 0 Å². The summed E-state index contributed by atoms with van der Waals surface area (Å²) in [4.78, 5) is 4.34. The van der Waals surface area contributed by atoms with E-state index in [1.807, 2.05) is 32.0 Å². The molecule has 0 bridgehead atoms. The Morgan fingerprint density at radius 3 is 2.68 bits per heavy atom. The summed E-state index contributed by atoms with van der Waals surface area (Å²) in [5.41, 5.74) is 3.57. The van der Waals surface area contributed by atoms with Crippen LogP contribution in [-0.4, -0.2) is 10.1 Å². The van der Waals surface area contributed by atoms with Gasteiger partial charge in [-0.2, -0.15) is 0 Å². The highest BCUT2D eigenvalue weighted by Gasteiger charge is 2.07. The van der Waals surface area contributed by atoms with Gasteiger partial charge in [-0.05, 0) is 63.4 Å². The summed E-state index contributed by atoms with van der Waals surface area (Å²) in [7, 11) is 0. The van der Waals surface area contributed by atoms with Crippen molar-refractivity contribution in [2.24, 2.45) is 0 Å². The number of rotatable bonds is 3. The van der Waals surface area contributed by atoms with Gasteiger partial charge in [0.15, 0.2) is 0 Å². The average molecular weight is 386 g/mol. The Bertz CT molecular complexity index is 615. The number of benzene rings is 1. The molecule has 0 aliphatic rings. The first-order valence-corrected chi connectivity index (χ1v) is 7.40. The molecule has 0 saturated carbocycles. The van der Waals surface area contributed by atoms with Crippen LogP contribution in [-0.2, 0) is 6.54 Å². The monoisotopic (exact) mass is 384 g/mol. The number of aromatic nitrogens is 1. The Morgan fingerprint density at radius 1 is 1.26 bits per heavy atom. The molecule has 2 rings (SSSR count). The number of hydrogen-bond acceptors (Lipinski definition) is 3. The number of aromatic hydroxyl groups is 1. The number of anilines is 1. The van der Waals surface area contributed by atoms with Crippen LogP contribution in [0.25, 0.3) is 0 Å². The summed E-state index contributed by atoms with van der Waals surface area (Å²) in [6.07, 6.45) is 1.77. The van der Waals surface area contributed by atoms with Crippen LogP contribution in [0.5, 0.6) is 5.75 Å². The van der Waals surface area contributed by atoms with E-state index in [1.54, 1.807) is 6.20 Å². The molecule has 5 heteroatoms. The van der Waals surface area contributed by atoms with E-state index in [0.717, 1.165) is 31.5 Å². The zero-order chi connectivity index (χ0) is 14.0. The van der Waals surface area contributed by atoms with Gasteiger partial charge in [-0.3, -0.25) is 4.98 Å². The fraction of sp³-hybridized carbons (Fsp3) is 0.214. The third-order valence-corrected chi connectivity index (χ3v) is 4.08. The lowest BCUT2D eigenvalue weighted by Gasteiger charge is -2.12. The number of phenolic OH excluding ortho intramolecular Hbond substituents is 1. The second-order valence-electron chi connectivity index (χ2n) is 4.34. The third kappa shape index (κ3) is 3.28. The fourth-order valence-electron chi connectivity index (χ4n) is 1.78. The SMILES string of the molecule is Cc1ccc(NCc2ncc(Br)cc2Br)c(C)c1O. The van der Waals surface area contributed by atoms with E-state index in [1.165, 1.54) is 0 Å². The molecule has 3 nitrogen and oxygen atoms in total. The summed E-state index contributed by atoms with van der Waals surface area (Å²) in [5, 5.41) is 13.2. The number of aryl methyl sites for hydroxylation is 1. The molecular weight excluding hydrogens is 372 g/mol. The van der Waals surface area contributed by atoms with Crippen molar-refractivity contribution in [2.75, 3.05) is 5.32 Å². The van der Waals surface area contributed by atoms with E-state index in [0.29, 0.717) is 12.3 Å². The van der Waals surface area contributed by atoms with Gasteiger partial charge in [0, 0.05) is 26.4 Å². The van der Waals surface area contributed by atoms with E-state index in [9.17, 15) is 5.11 Å². The molecule has 19 heavy (non-hydrogen) atoms. The first-order valence-electron chi connectivity index (χ1n) is 5.82. The van der Waals surface area contributed by atoms with Crippen molar-refractivity contribution >= 4 is 37.5 Å². The molecule has 100 valence electrons. The van der Waals surface area contributed by atoms with Crippen LogP contribution in [0.4, 0.5) is 5.69 Å². The summed E-state index contributed by atoms with van der Waals surface area (Å²) >= 11 is 6.86. The highest BCUT2D eigenvalue weighted by molar-refractivity contribution is 9.11. The lowest BCUT2D eigenvalue weighted by atomic mass is 10.1. The van der Waals surface area contributed by atoms with Gasteiger partial charge in [0.05, 0.1) is 12.2 Å². The van der Waals surface area contributed by atoms with Crippen LogP contribution >= 0.6 is 31.9 Å². The van der Waals surface area contributed by atoms with E-state index in [2.05, 4.69) is 42.2 Å². The lowest BCUT2D eigenvalue weighted by Crippen LogP contribution is -2.04. The molecule has 0 saturated heterocycles. The normalized spacial score (nSPS) is 10.5. The molecule has 0 aliphatic heterocycles. The molecule has 2 aromatic rings. The summed E-state index contributed by atoms with van der Waals surface area (Å²) in [6.45, 7) is 4.38. The molecule has 0 spiro atoms. The second kappa shape index (κ2) is 5.92. The quantitative estimate of drug-likeness (QED) is 0.815. The molecule has 0 atom stereocenters. The number of halogens is 2. The molecule has 0 unspecified atom stereocenters. The second-order valence-corrected chi connectivity index (χ2v) is 6.11. The number of hydrogen-bond donors (Lipinski definition) is 2. The van der Waals surface area contributed by atoms with Gasteiger partial charge in [-0.1, -0.05) is 6.07 Å². The first-order chi connectivity index (χ1) is 8.99. The van der Waals surface area contributed by atoms with E-state index >= 15 is 0 Å². The Morgan fingerprint density at radius 2 is 2.00 bits per heavy atom. The highest BCUT2D eigenvalue weighted by atomic mass is 79.9. The molecule has 0 radical (unpaired) electrons. The van der Waals surface area contributed by atoms with Crippen molar-refractivity contribution < 1.29 is 5.11 Å². The van der Waals surface area contributed by atoms with Crippen molar-refractivity contribution in [3.8, 4) is 5.75 Å². The Labute approximate surface area is 129 Å². The largest absolute Gasteiger partial charge is 0.507 e. The van der Waals surface area contributed by atoms with E-state index < -0.39 is 0 Å². The Hall–Kier alpha value is -1.07. The molecule has 0 fully saturated rings. The zero-order valence-electron chi connectivity index (χ0n) is 10.7. The molecule has 0 amide bonds. The minimum atomic E-state index is 0.341. The summed E-state index contributed by atoms with van der Waals surface area (Å²) in [6, 6.07) is 5.83. The van der Waals surface area contributed by atoms with Gasteiger partial charge < -0.3 is 10.4 Å². The lowest BCUT2D eigenvalue weighted by molar-refractivity contribution is 0.467. The molecule has 2 N–H and O–H groups in total. The van der Waals surface area contributed by atoms with Crippen molar-refractivity contribution in [3.05, 3.63) is 50.2 Å². The van der Waals surface area contributed by atoms with Crippen molar-refractivity contribution in [2.45, 2.75) is 20.4 Å². The Balaban J connectivity index is 2.17. The van der Waals surface area contributed by atoms with Crippen molar-refractivity contribution in [1.29, 1.82) is 0 Å². The minimum Gasteiger partial charge on any atom is -0.507 e. The van der Waals surface area contributed by atoms with Crippen molar-refractivity contribution in [3.63, 3.8) is 0 Å². The topological polar surface area (TPSA) is 45.2 Å². The van der Waals surface area contributed by atoms with Gasteiger partial charge in [0.1, 0.15) is 5.75 Å². The van der Waals surface area contributed by atoms with Gasteiger partial charge in [0.25, 0.3) is 0 Å². The molecule has 0 aliphatic carbocycles. The van der Waals surface area contributed by atoms with Crippen molar-refractivity contribution in [1.82, 2.24) is 4.98 Å². The highest BCUT2D eigenvalue weighted by Crippen LogP contribution is 2.28. The fourth-order valence-corrected chi connectivity index (χ4v) is 2.91. The molecular formula is C14H14Br2N2O. The van der Waals surface area contributed by atoms with Crippen LogP contribution < -0.4 is 5.32 Å². The van der Waals surface area contributed by atoms with Gasteiger partial charge in [-0.25, -0.2) is 0 Å². The predicted molar refractivity (Wildman–Crippen MR) is 84.5 cm³/mol. The van der Waals surface area contributed by atoms with Crippen LogP contribution in [0.3, 0.4) is 0 Å².